The summed E-state index contributed by atoms with van der Waals surface area (Å²) in [7, 11) is -0.584. The molecular formula is C28H58NP. The summed E-state index contributed by atoms with van der Waals surface area (Å²) >= 11 is 0. The number of hydrogen-bond acceptors (Lipinski definition) is 1. The predicted molar refractivity (Wildman–Crippen MR) is 142 cm³/mol. The summed E-state index contributed by atoms with van der Waals surface area (Å²) in [5, 5.41) is 6.25. The highest BCUT2D eigenvalue weighted by atomic mass is 31.2. The second kappa shape index (κ2) is 27.0. The fourth-order valence-corrected chi connectivity index (χ4v) is 10.2. The van der Waals surface area contributed by atoms with Gasteiger partial charge in [-0.05, 0) is 32.1 Å². The van der Waals surface area contributed by atoms with Crippen molar-refractivity contribution >= 4 is 7.26 Å². The highest BCUT2D eigenvalue weighted by Gasteiger charge is 2.33. The molecule has 1 nitrogen and oxygen atoms in total. The van der Waals surface area contributed by atoms with Gasteiger partial charge < -0.3 is 11.8 Å². The summed E-state index contributed by atoms with van der Waals surface area (Å²) in [5.41, 5.74) is 0. The van der Waals surface area contributed by atoms with Crippen LogP contribution in [0.5, 0.6) is 0 Å². The Morgan fingerprint density at radius 2 is 0.633 bits per heavy atom. The standard InChI is InChI=1S/C27H58P.CN/c1-5-9-10-11-12-13-14-15-16-17-18-19-20-21-22-23-27-28(24-6-2,25-7-3)26-8-4;1-2/h5-27H2,1-4H3;/q+1;-1. The summed E-state index contributed by atoms with van der Waals surface area (Å²) in [5.74, 6) is 0. The zero-order valence-electron chi connectivity index (χ0n) is 21.7. The fraction of sp³-hybridized carbons (Fsp3) is 0.964. The van der Waals surface area contributed by atoms with E-state index in [4.69, 9.17) is 11.8 Å². The molecule has 0 atom stereocenters. The Kier molecular flexibility index (Phi) is 28.8. The van der Waals surface area contributed by atoms with Crippen LogP contribution in [0.15, 0.2) is 0 Å². The van der Waals surface area contributed by atoms with Crippen molar-refractivity contribution in [2.75, 3.05) is 24.6 Å². The van der Waals surface area contributed by atoms with Gasteiger partial charge in [0.15, 0.2) is 0 Å². The molecule has 0 saturated heterocycles. The minimum atomic E-state index is -0.584. The van der Waals surface area contributed by atoms with Gasteiger partial charge in [-0.3, -0.25) is 0 Å². The molecule has 0 aromatic rings. The Bertz CT molecular complexity index is 309. The Balaban J connectivity index is 0. The molecule has 2 heteroatoms. The molecular weight excluding hydrogens is 381 g/mol. The first-order chi connectivity index (χ1) is 14.7. The van der Waals surface area contributed by atoms with Crippen LogP contribution in [-0.2, 0) is 0 Å². The molecule has 0 amide bonds. The molecule has 0 aliphatic heterocycles. The lowest BCUT2D eigenvalue weighted by atomic mass is 10.0. The molecule has 0 aromatic heterocycles. The van der Waals surface area contributed by atoms with Crippen molar-refractivity contribution in [3.8, 4) is 0 Å². The van der Waals surface area contributed by atoms with Crippen LogP contribution in [0.25, 0.3) is 0 Å². The van der Waals surface area contributed by atoms with Crippen LogP contribution in [0.2, 0.25) is 0 Å². The Hall–Kier alpha value is -0.0800. The smallest absolute Gasteiger partial charge is 0.0594 e. The molecule has 0 aliphatic rings. The molecule has 0 heterocycles. The molecule has 0 spiro atoms. The van der Waals surface area contributed by atoms with E-state index >= 15 is 0 Å². The van der Waals surface area contributed by atoms with Gasteiger partial charge in [0.1, 0.15) is 0 Å². The second-order valence-corrected chi connectivity index (χ2v) is 14.0. The van der Waals surface area contributed by atoms with E-state index in [1.165, 1.54) is 122 Å². The molecule has 0 fully saturated rings. The molecule has 0 N–H and O–H groups in total. The van der Waals surface area contributed by atoms with Gasteiger partial charge in [0.2, 0.25) is 0 Å². The van der Waals surface area contributed by atoms with Crippen LogP contribution in [0.4, 0.5) is 0 Å². The average Bonchev–Trinajstić information content (AvgIpc) is 2.75. The van der Waals surface area contributed by atoms with Crippen molar-refractivity contribution in [2.24, 2.45) is 0 Å². The molecule has 0 aliphatic carbocycles. The maximum Gasteiger partial charge on any atom is 0.0594 e. The summed E-state index contributed by atoms with van der Waals surface area (Å²) in [6, 6.07) is 0. The number of hydrogen-bond donors (Lipinski definition) is 0. The van der Waals surface area contributed by atoms with Gasteiger partial charge in [-0.15, -0.1) is 0 Å². The van der Waals surface area contributed by atoms with Crippen LogP contribution >= 0.6 is 7.26 Å². The first-order valence-electron chi connectivity index (χ1n) is 13.8. The van der Waals surface area contributed by atoms with E-state index in [0.717, 1.165) is 0 Å². The van der Waals surface area contributed by atoms with Gasteiger partial charge in [0, 0.05) is 7.26 Å². The molecule has 0 saturated carbocycles. The maximum absolute atomic E-state index is 6.25. The van der Waals surface area contributed by atoms with Gasteiger partial charge in [-0.1, -0.05) is 118 Å². The molecule has 0 aromatic carbocycles. The van der Waals surface area contributed by atoms with Gasteiger partial charge in [-0.2, -0.15) is 0 Å². The lowest BCUT2D eigenvalue weighted by molar-refractivity contribution is 0.531. The summed E-state index contributed by atoms with van der Waals surface area (Å²) in [6.07, 6.45) is 34.4. The molecule has 180 valence electrons. The third-order valence-corrected chi connectivity index (χ3v) is 12.0. The molecule has 30 heavy (non-hydrogen) atoms. The highest BCUT2D eigenvalue weighted by Crippen LogP contribution is 2.60. The van der Waals surface area contributed by atoms with Gasteiger partial charge in [0.05, 0.1) is 24.6 Å². The van der Waals surface area contributed by atoms with Crippen LogP contribution < -0.4 is 0 Å². The minimum Gasteiger partial charge on any atom is -0.512 e. The van der Waals surface area contributed by atoms with Crippen LogP contribution in [0.1, 0.15) is 150 Å². The van der Waals surface area contributed by atoms with E-state index < -0.39 is 7.26 Å². The quantitative estimate of drug-likeness (QED) is 0.0882. The van der Waals surface area contributed by atoms with E-state index in [2.05, 4.69) is 27.7 Å². The van der Waals surface area contributed by atoms with Crippen molar-refractivity contribution in [3.63, 3.8) is 0 Å². The third kappa shape index (κ3) is 21.2. The monoisotopic (exact) mass is 439 g/mol. The summed E-state index contributed by atoms with van der Waals surface area (Å²) < 4.78 is 0. The average molecular weight is 440 g/mol. The normalized spacial score (nSPS) is 11.3. The Morgan fingerprint density at radius 3 is 0.900 bits per heavy atom. The van der Waals surface area contributed by atoms with E-state index in [1.54, 1.807) is 24.6 Å². The topological polar surface area (TPSA) is 23.8 Å². The van der Waals surface area contributed by atoms with Crippen LogP contribution in [-0.4, -0.2) is 24.6 Å². The van der Waals surface area contributed by atoms with E-state index in [9.17, 15) is 0 Å². The first-order valence-corrected chi connectivity index (χ1v) is 16.3. The number of nitrogens with zero attached hydrogens (tertiary/aromatic N) is 1. The third-order valence-electron chi connectivity index (χ3n) is 6.58. The van der Waals surface area contributed by atoms with E-state index in [-0.39, 0.29) is 0 Å². The highest BCUT2D eigenvalue weighted by molar-refractivity contribution is 7.75. The SMILES string of the molecule is CCCCCCCCCCCCCCCCCC[P+](CCC)(CCC)CCC.[C-]#N. The summed E-state index contributed by atoms with van der Waals surface area (Å²) in [4.78, 5) is 0. The fourth-order valence-electron chi connectivity index (χ4n) is 5.09. The zero-order chi connectivity index (χ0) is 22.8. The molecule has 0 rings (SSSR count). The second-order valence-electron chi connectivity index (χ2n) is 9.54. The van der Waals surface area contributed by atoms with Crippen molar-refractivity contribution in [1.29, 1.82) is 5.26 Å². The predicted octanol–water partition coefficient (Wildman–Crippen LogP) is 10.6. The van der Waals surface area contributed by atoms with Crippen molar-refractivity contribution in [1.82, 2.24) is 0 Å². The lowest BCUT2D eigenvalue weighted by Gasteiger charge is -2.27. The van der Waals surface area contributed by atoms with E-state index in [1.807, 2.05) is 0 Å². The zero-order valence-corrected chi connectivity index (χ0v) is 22.6. The maximum atomic E-state index is 6.25. The Labute approximate surface area is 193 Å². The largest absolute Gasteiger partial charge is 0.512 e. The van der Waals surface area contributed by atoms with Crippen LogP contribution in [0.3, 0.4) is 0 Å². The van der Waals surface area contributed by atoms with E-state index in [0.29, 0.717) is 0 Å². The van der Waals surface area contributed by atoms with Gasteiger partial charge in [0.25, 0.3) is 0 Å². The number of unbranched alkanes of at least 4 members (excludes halogenated alkanes) is 15. The minimum absolute atomic E-state index is 0.584. The molecule has 0 unspecified atom stereocenters. The molecule has 0 bridgehead atoms. The first kappa shape index (κ1) is 32.1. The van der Waals surface area contributed by atoms with Gasteiger partial charge in [-0.25, -0.2) is 0 Å². The van der Waals surface area contributed by atoms with Crippen molar-refractivity contribution in [3.05, 3.63) is 6.57 Å². The van der Waals surface area contributed by atoms with Crippen LogP contribution in [0, 0.1) is 11.8 Å². The number of rotatable bonds is 23. The van der Waals surface area contributed by atoms with Crippen molar-refractivity contribution in [2.45, 2.75) is 150 Å². The summed E-state index contributed by atoms with van der Waals surface area (Å²) in [6.45, 7) is 14.3. The van der Waals surface area contributed by atoms with Crippen molar-refractivity contribution < 1.29 is 0 Å². The Morgan fingerprint density at radius 1 is 0.367 bits per heavy atom. The van der Waals surface area contributed by atoms with Gasteiger partial charge >= 0.3 is 0 Å². The molecule has 0 radical (unpaired) electrons. The lowest BCUT2D eigenvalue weighted by Crippen LogP contribution is -2.11.